The van der Waals surface area contributed by atoms with Gasteiger partial charge >= 0.3 is 0 Å². The first-order valence-electron chi connectivity index (χ1n) is 13.0. The van der Waals surface area contributed by atoms with Gasteiger partial charge in [0.1, 0.15) is 6.04 Å². The molecule has 1 atom stereocenters. The molecule has 0 heterocycles. The SMILES string of the molecule is CC(C(=O)NC1CCCCC1)N(Cc1ccc(Cl)c(Cl)c1)C(=O)CN(C)S(=O)(=O)c1ccc2ccccc2c1. The first kappa shape index (κ1) is 29.3. The van der Waals surface area contributed by atoms with E-state index in [-0.39, 0.29) is 23.4 Å². The van der Waals surface area contributed by atoms with Crippen LogP contribution in [0.3, 0.4) is 0 Å². The summed E-state index contributed by atoms with van der Waals surface area (Å²) in [5.74, 6) is -0.769. The second kappa shape index (κ2) is 12.7. The highest BCUT2D eigenvalue weighted by atomic mass is 35.5. The van der Waals surface area contributed by atoms with Crippen LogP contribution in [0, 0.1) is 0 Å². The second-order valence-corrected chi connectivity index (χ2v) is 12.9. The largest absolute Gasteiger partial charge is 0.352 e. The number of fused-ring (bicyclic) bond motifs is 1. The van der Waals surface area contributed by atoms with Crippen molar-refractivity contribution < 1.29 is 18.0 Å². The summed E-state index contributed by atoms with van der Waals surface area (Å²) in [6.07, 6.45) is 5.09. The molecule has 208 valence electrons. The molecule has 10 heteroatoms. The standard InChI is InChI=1S/C29H33Cl2N3O4S/c1-20(29(36)32-24-10-4-3-5-11-24)34(18-21-12-15-26(30)27(31)16-21)28(35)19-33(2)39(37,38)25-14-13-22-8-6-7-9-23(22)17-25/h6-9,12-17,20,24H,3-5,10-11,18-19H2,1-2H3,(H,32,36). The van der Waals surface area contributed by atoms with Crippen molar-refractivity contribution in [3.63, 3.8) is 0 Å². The lowest BCUT2D eigenvalue weighted by atomic mass is 9.95. The lowest BCUT2D eigenvalue weighted by molar-refractivity contribution is -0.141. The number of halogens is 2. The van der Waals surface area contributed by atoms with Gasteiger partial charge in [0, 0.05) is 19.6 Å². The maximum Gasteiger partial charge on any atom is 0.243 e. The molecular weight excluding hydrogens is 557 g/mol. The Bertz CT molecular complexity index is 1460. The number of benzene rings is 3. The molecule has 1 N–H and O–H groups in total. The highest BCUT2D eigenvalue weighted by Crippen LogP contribution is 2.25. The smallest absolute Gasteiger partial charge is 0.243 e. The molecule has 0 aromatic heterocycles. The summed E-state index contributed by atoms with van der Waals surface area (Å²) < 4.78 is 27.8. The van der Waals surface area contributed by atoms with E-state index in [1.807, 2.05) is 24.3 Å². The molecule has 1 fully saturated rings. The van der Waals surface area contributed by atoms with Gasteiger partial charge in [-0.05, 0) is 60.4 Å². The van der Waals surface area contributed by atoms with E-state index in [4.69, 9.17) is 23.2 Å². The van der Waals surface area contributed by atoms with E-state index in [0.29, 0.717) is 15.6 Å². The van der Waals surface area contributed by atoms with Crippen LogP contribution in [0.2, 0.25) is 10.0 Å². The number of carbonyl (C=O) groups is 2. The van der Waals surface area contributed by atoms with E-state index < -0.39 is 28.5 Å². The van der Waals surface area contributed by atoms with Gasteiger partial charge in [0.15, 0.2) is 0 Å². The molecule has 0 aliphatic heterocycles. The number of likely N-dealkylation sites (N-methyl/N-ethyl adjacent to an activating group) is 1. The summed E-state index contributed by atoms with van der Waals surface area (Å²) in [5.41, 5.74) is 0.676. The molecule has 1 aliphatic carbocycles. The summed E-state index contributed by atoms with van der Waals surface area (Å²) in [7, 11) is -2.60. The van der Waals surface area contributed by atoms with E-state index in [1.165, 1.54) is 18.0 Å². The van der Waals surface area contributed by atoms with E-state index >= 15 is 0 Å². The normalized spacial score (nSPS) is 15.3. The van der Waals surface area contributed by atoms with Crippen LogP contribution in [0.25, 0.3) is 10.8 Å². The maximum atomic E-state index is 13.6. The number of nitrogens with zero attached hydrogens (tertiary/aromatic N) is 2. The number of sulfonamides is 1. The fourth-order valence-electron chi connectivity index (χ4n) is 4.86. The van der Waals surface area contributed by atoms with E-state index in [1.54, 1.807) is 37.3 Å². The minimum Gasteiger partial charge on any atom is -0.352 e. The molecule has 7 nitrogen and oxygen atoms in total. The summed E-state index contributed by atoms with van der Waals surface area (Å²) in [6.45, 7) is 1.29. The lowest BCUT2D eigenvalue weighted by Crippen LogP contribution is -2.52. The topological polar surface area (TPSA) is 86.8 Å². The Hall–Kier alpha value is -2.65. The van der Waals surface area contributed by atoms with Crippen LogP contribution in [0.4, 0.5) is 0 Å². The molecule has 0 radical (unpaired) electrons. The van der Waals surface area contributed by atoms with E-state index in [2.05, 4.69) is 5.32 Å². The van der Waals surface area contributed by atoms with Crippen LogP contribution < -0.4 is 5.32 Å². The van der Waals surface area contributed by atoms with Crippen molar-refractivity contribution in [3.8, 4) is 0 Å². The molecule has 0 bridgehead atoms. The fraction of sp³-hybridized carbons (Fsp3) is 0.379. The third-order valence-electron chi connectivity index (χ3n) is 7.24. The molecule has 2 amide bonds. The summed E-state index contributed by atoms with van der Waals surface area (Å²) in [5, 5.41) is 5.48. The van der Waals surface area contributed by atoms with Crippen molar-refractivity contribution in [2.45, 2.75) is 62.6 Å². The quantitative estimate of drug-likeness (QED) is 0.350. The molecule has 39 heavy (non-hydrogen) atoms. The van der Waals surface area contributed by atoms with Gasteiger partial charge in [0.2, 0.25) is 21.8 Å². The highest BCUT2D eigenvalue weighted by molar-refractivity contribution is 7.89. The Morgan fingerprint density at radius 3 is 2.33 bits per heavy atom. The third-order valence-corrected chi connectivity index (χ3v) is 9.78. The Kier molecular flexibility index (Phi) is 9.54. The first-order valence-corrected chi connectivity index (χ1v) is 15.2. The van der Waals surface area contributed by atoms with E-state index in [9.17, 15) is 18.0 Å². The molecule has 3 aromatic rings. The number of amides is 2. The second-order valence-electron chi connectivity index (χ2n) is 10.1. The predicted octanol–water partition coefficient (Wildman–Crippen LogP) is 5.63. The van der Waals surface area contributed by atoms with Gasteiger partial charge in [-0.15, -0.1) is 0 Å². The van der Waals surface area contributed by atoms with Crippen molar-refractivity contribution >= 4 is 55.8 Å². The van der Waals surface area contributed by atoms with Gasteiger partial charge in [-0.2, -0.15) is 4.31 Å². The van der Waals surface area contributed by atoms with Crippen molar-refractivity contribution in [1.82, 2.24) is 14.5 Å². The van der Waals surface area contributed by atoms with E-state index in [0.717, 1.165) is 47.2 Å². The van der Waals surface area contributed by atoms with Crippen molar-refractivity contribution in [3.05, 3.63) is 76.3 Å². The predicted molar refractivity (Wildman–Crippen MR) is 155 cm³/mol. The zero-order valence-electron chi connectivity index (χ0n) is 22.1. The Morgan fingerprint density at radius 2 is 1.64 bits per heavy atom. The third kappa shape index (κ3) is 7.11. The maximum absolute atomic E-state index is 13.6. The molecular formula is C29H33Cl2N3O4S. The molecule has 1 unspecified atom stereocenters. The molecule has 0 saturated heterocycles. The monoisotopic (exact) mass is 589 g/mol. The average Bonchev–Trinajstić information content (AvgIpc) is 2.93. The van der Waals surface area contributed by atoms with Crippen molar-refractivity contribution in [2.75, 3.05) is 13.6 Å². The summed E-state index contributed by atoms with van der Waals surface area (Å²) >= 11 is 12.3. The van der Waals surface area contributed by atoms with Crippen molar-refractivity contribution in [1.29, 1.82) is 0 Å². The molecule has 0 spiro atoms. The number of rotatable bonds is 9. The summed E-state index contributed by atoms with van der Waals surface area (Å²) in [4.78, 5) is 28.3. The van der Waals surface area contributed by atoms with Crippen LogP contribution in [0.15, 0.2) is 65.6 Å². The Balaban J connectivity index is 1.55. The Labute approximate surface area is 240 Å². The van der Waals surface area contributed by atoms with Crippen LogP contribution in [-0.4, -0.2) is 55.1 Å². The molecule has 4 rings (SSSR count). The summed E-state index contributed by atoms with van der Waals surface area (Å²) in [6, 6.07) is 16.6. The Morgan fingerprint density at radius 1 is 0.949 bits per heavy atom. The minimum atomic E-state index is -3.97. The number of hydrogen-bond donors (Lipinski definition) is 1. The van der Waals surface area contributed by atoms with Gasteiger partial charge in [0.05, 0.1) is 21.5 Å². The lowest BCUT2D eigenvalue weighted by Gasteiger charge is -2.32. The van der Waals surface area contributed by atoms with Crippen LogP contribution in [-0.2, 0) is 26.2 Å². The zero-order valence-corrected chi connectivity index (χ0v) is 24.4. The van der Waals surface area contributed by atoms with Gasteiger partial charge in [-0.1, -0.05) is 78.9 Å². The number of nitrogens with one attached hydrogen (secondary N) is 1. The molecule has 1 aliphatic rings. The van der Waals surface area contributed by atoms with Crippen LogP contribution in [0.5, 0.6) is 0 Å². The van der Waals surface area contributed by atoms with Crippen LogP contribution >= 0.6 is 23.2 Å². The first-order chi connectivity index (χ1) is 18.6. The zero-order chi connectivity index (χ0) is 28.2. The number of carbonyl (C=O) groups excluding carboxylic acids is 2. The van der Waals surface area contributed by atoms with Crippen molar-refractivity contribution in [2.24, 2.45) is 0 Å². The molecule has 1 saturated carbocycles. The van der Waals surface area contributed by atoms with Gasteiger partial charge in [0.25, 0.3) is 0 Å². The highest BCUT2D eigenvalue weighted by Gasteiger charge is 2.31. The minimum absolute atomic E-state index is 0.0683. The molecule has 3 aromatic carbocycles. The number of hydrogen-bond acceptors (Lipinski definition) is 4. The van der Waals surface area contributed by atoms with Gasteiger partial charge < -0.3 is 10.2 Å². The fourth-order valence-corrected chi connectivity index (χ4v) is 6.34. The average molecular weight is 591 g/mol. The van der Waals surface area contributed by atoms with Gasteiger partial charge in [-0.3, -0.25) is 9.59 Å². The van der Waals surface area contributed by atoms with Crippen LogP contribution in [0.1, 0.15) is 44.6 Å². The van der Waals surface area contributed by atoms with Gasteiger partial charge in [-0.25, -0.2) is 8.42 Å².